The monoisotopic (exact) mass is 168 g/mol. The fourth-order valence-electron chi connectivity index (χ4n) is 2.32. The van der Waals surface area contributed by atoms with Crippen molar-refractivity contribution in [1.29, 1.82) is 0 Å². The summed E-state index contributed by atoms with van der Waals surface area (Å²) < 4.78 is 5.34. The third-order valence-corrected chi connectivity index (χ3v) is 3.34. The molecule has 0 aromatic carbocycles. The summed E-state index contributed by atoms with van der Waals surface area (Å²) in [7, 11) is 0. The van der Waals surface area contributed by atoms with Gasteiger partial charge in [-0.1, -0.05) is 20.3 Å². The molecular formula is C10H16O2. The van der Waals surface area contributed by atoms with Crippen molar-refractivity contribution in [3.05, 3.63) is 0 Å². The van der Waals surface area contributed by atoms with Crippen LogP contribution in [0.15, 0.2) is 0 Å². The molecule has 12 heavy (non-hydrogen) atoms. The Hall–Kier alpha value is -0.530. The molecule has 2 atom stereocenters. The molecule has 0 spiro atoms. The summed E-state index contributed by atoms with van der Waals surface area (Å²) in [6.07, 6.45) is 4.58. The van der Waals surface area contributed by atoms with E-state index in [0.717, 1.165) is 12.8 Å². The SMILES string of the molecule is CC1(C)CCCC2CC1OC2=O. The predicted octanol–water partition coefficient (Wildman–Crippen LogP) is 2.13. The average Bonchev–Trinajstić information content (AvgIpc) is 2.25. The molecule has 0 N–H and O–H groups in total. The zero-order chi connectivity index (χ0) is 8.77. The molecule has 2 aliphatic rings. The normalized spacial score (nSPS) is 39.0. The van der Waals surface area contributed by atoms with Gasteiger partial charge in [-0.3, -0.25) is 4.79 Å². The molecule has 2 bridgehead atoms. The highest BCUT2D eigenvalue weighted by Crippen LogP contribution is 2.43. The minimum atomic E-state index is 0.0489. The molecule has 1 aliphatic heterocycles. The van der Waals surface area contributed by atoms with Gasteiger partial charge in [0.05, 0.1) is 5.92 Å². The molecule has 0 radical (unpaired) electrons. The van der Waals surface area contributed by atoms with Crippen LogP contribution in [0.4, 0.5) is 0 Å². The maximum atomic E-state index is 11.3. The van der Waals surface area contributed by atoms with Crippen molar-refractivity contribution in [3.63, 3.8) is 0 Å². The van der Waals surface area contributed by atoms with E-state index in [1.807, 2.05) is 0 Å². The summed E-state index contributed by atoms with van der Waals surface area (Å²) in [5, 5.41) is 0. The molecule has 2 heteroatoms. The lowest BCUT2D eigenvalue weighted by atomic mass is 9.82. The summed E-state index contributed by atoms with van der Waals surface area (Å²) in [4.78, 5) is 11.3. The quantitative estimate of drug-likeness (QED) is 0.518. The highest BCUT2D eigenvalue weighted by atomic mass is 16.6. The van der Waals surface area contributed by atoms with E-state index in [9.17, 15) is 4.79 Å². The maximum Gasteiger partial charge on any atom is 0.309 e. The van der Waals surface area contributed by atoms with Gasteiger partial charge in [-0.25, -0.2) is 0 Å². The highest BCUT2D eigenvalue weighted by Gasteiger charge is 2.44. The number of hydrogen-bond acceptors (Lipinski definition) is 2. The topological polar surface area (TPSA) is 26.3 Å². The van der Waals surface area contributed by atoms with Crippen molar-refractivity contribution in [2.45, 2.75) is 45.6 Å². The van der Waals surface area contributed by atoms with Crippen molar-refractivity contribution in [3.8, 4) is 0 Å². The largest absolute Gasteiger partial charge is 0.462 e. The Morgan fingerprint density at radius 3 is 3.00 bits per heavy atom. The Kier molecular flexibility index (Phi) is 1.67. The van der Waals surface area contributed by atoms with Gasteiger partial charge < -0.3 is 4.74 Å². The number of hydrogen-bond donors (Lipinski definition) is 0. The zero-order valence-corrected chi connectivity index (χ0v) is 7.80. The molecule has 2 fully saturated rings. The van der Waals surface area contributed by atoms with Gasteiger partial charge in [0.1, 0.15) is 6.10 Å². The summed E-state index contributed by atoms with van der Waals surface area (Å²) in [6.45, 7) is 4.41. The van der Waals surface area contributed by atoms with E-state index in [4.69, 9.17) is 4.74 Å². The standard InChI is InChI=1S/C10H16O2/c1-10(2)5-3-4-7-6-8(10)12-9(7)11/h7-8H,3-6H2,1-2H3. The van der Waals surface area contributed by atoms with Crippen molar-refractivity contribution >= 4 is 5.97 Å². The van der Waals surface area contributed by atoms with Gasteiger partial charge in [0.25, 0.3) is 0 Å². The lowest BCUT2D eigenvalue weighted by molar-refractivity contribution is -0.149. The predicted molar refractivity (Wildman–Crippen MR) is 45.6 cm³/mol. The van der Waals surface area contributed by atoms with Crippen LogP contribution in [0.25, 0.3) is 0 Å². The number of ether oxygens (including phenoxy) is 1. The van der Waals surface area contributed by atoms with E-state index in [1.54, 1.807) is 0 Å². The van der Waals surface area contributed by atoms with Crippen LogP contribution in [0.1, 0.15) is 39.5 Å². The molecule has 2 rings (SSSR count). The summed E-state index contributed by atoms with van der Waals surface area (Å²) in [5.74, 6) is 0.268. The van der Waals surface area contributed by atoms with Crippen LogP contribution < -0.4 is 0 Å². The average molecular weight is 168 g/mol. The van der Waals surface area contributed by atoms with Gasteiger partial charge >= 0.3 is 5.97 Å². The molecule has 1 saturated carbocycles. The molecule has 2 nitrogen and oxygen atoms in total. The Bertz CT molecular complexity index is 208. The molecule has 1 saturated heterocycles. The lowest BCUT2D eigenvalue weighted by Gasteiger charge is -2.29. The van der Waals surface area contributed by atoms with E-state index in [1.165, 1.54) is 12.8 Å². The second-order valence-electron chi connectivity index (χ2n) is 4.74. The van der Waals surface area contributed by atoms with E-state index >= 15 is 0 Å². The molecule has 0 amide bonds. The van der Waals surface area contributed by atoms with Gasteiger partial charge in [0.15, 0.2) is 0 Å². The summed E-state index contributed by atoms with van der Waals surface area (Å²) >= 11 is 0. The Morgan fingerprint density at radius 2 is 2.25 bits per heavy atom. The summed E-state index contributed by atoms with van der Waals surface area (Å²) in [6, 6.07) is 0. The fourth-order valence-corrected chi connectivity index (χ4v) is 2.32. The van der Waals surface area contributed by atoms with Crippen molar-refractivity contribution in [1.82, 2.24) is 0 Å². The Balaban J connectivity index is 2.21. The van der Waals surface area contributed by atoms with Crippen molar-refractivity contribution < 1.29 is 9.53 Å². The molecular weight excluding hydrogens is 152 g/mol. The minimum Gasteiger partial charge on any atom is -0.462 e. The first kappa shape index (κ1) is 8.09. The number of carbonyl (C=O) groups is 1. The highest BCUT2D eigenvalue weighted by molar-refractivity contribution is 5.74. The number of fused-ring (bicyclic) bond motifs is 2. The maximum absolute atomic E-state index is 11.3. The van der Waals surface area contributed by atoms with Gasteiger partial charge in [-0.15, -0.1) is 0 Å². The van der Waals surface area contributed by atoms with Gasteiger partial charge in [-0.05, 0) is 19.3 Å². The van der Waals surface area contributed by atoms with Gasteiger partial charge in [0, 0.05) is 5.41 Å². The molecule has 1 aliphatic carbocycles. The third kappa shape index (κ3) is 1.13. The first-order valence-corrected chi connectivity index (χ1v) is 4.80. The van der Waals surface area contributed by atoms with Crippen LogP contribution in [0.5, 0.6) is 0 Å². The van der Waals surface area contributed by atoms with Crippen LogP contribution in [-0.2, 0) is 9.53 Å². The summed E-state index contributed by atoms with van der Waals surface area (Å²) in [5.41, 5.74) is 0.209. The molecule has 1 heterocycles. The zero-order valence-electron chi connectivity index (χ0n) is 7.80. The Morgan fingerprint density at radius 1 is 1.50 bits per heavy atom. The number of carbonyl (C=O) groups excluding carboxylic acids is 1. The second kappa shape index (κ2) is 2.48. The fraction of sp³-hybridized carbons (Fsp3) is 0.900. The minimum absolute atomic E-state index is 0.0489. The number of rotatable bonds is 0. The number of esters is 1. The molecule has 0 aromatic heterocycles. The van der Waals surface area contributed by atoms with E-state index in [0.29, 0.717) is 0 Å². The van der Waals surface area contributed by atoms with Crippen LogP contribution in [0, 0.1) is 11.3 Å². The van der Waals surface area contributed by atoms with Gasteiger partial charge in [0.2, 0.25) is 0 Å². The van der Waals surface area contributed by atoms with Crippen molar-refractivity contribution in [2.24, 2.45) is 11.3 Å². The lowest BCUT2D eigenvalue weighted by Crippen LogP contribution is -2.28. The van der Waals surface area contributed by atoms with Crippen LogP contribution in [-0.4, -0.2) is 12.1 Å². The van der Waals surface area contributed by atoms with Gasteiger partial charge in [-0.2, -0.15) is 0 Å². The van der Waals surface area contributed by atoms with E-state index in [2.05, 4.69) is 13.8 Å². The van der Waals surface area contributed by atoms with E-state index < -0.39 is 0 Å². The molecule has 68 valence electrons. The second-order valence-corrected chi connectivity index (χ2v) is 4.74. The third-order valence-electron chi connectivity index (χ3n) is 3.34. The Labute approximate surface area is 73.3 Å². The first-order chi connectivity index (χ1) is 5.59. The van der Waals surface area contributed by atoms with E-state index in [-0.39, 0.29) is 23.4 Å². The van der Waals surface area contributed by atoms with Crippen molar-refractivity contribution in [2.75, 3.05) is 0 Å². The molecule has 2 unspecified atom stereocenters. The van der Waals surface area contributed by atoms with Crippen LogP contribution in [0.2, 0.25) is 0 Å². The molecule has 0 aromatic rings. The van der Waals surface area contributed by atoms with Crippen LogP contribution >= 0.6 is 0 Å². The first-order valence-electron chi connectivity index (χ1n) is 4.80. The smallest absolute Gasteiger partial charge is 0.309 e. The van der Waals surface area contributed by atoms with Crippen LogP contribution in [0.3, 0.4) is 0 Å².